The first kappa shape index (κ1) is 19.3. The van der Waals surface area contributed by atoms with Gasteiger partial charge in [0.2, 0.25) is 0 Å². The Balaban J connectivity index is 1.80. The summed E-state index contributed by atoms with van der Waals surface area (Å²) in [6.45, 7) is 1.57. The monoisotopic (exact) mass is 426 g/mol. The van der Waals surface area contributed by atoms with Gasteiger partial charge < -0.3 is 4.74 Å². The summed E-state index contributed by atoms with van der Waals surface area (Å²) in [5, 5.41) is 5.36. The number of aryl methyl sites for hydroxylation is 1. The zero-order valence-electron chi connectivity index (χ0n) is 17.1. The molecule has 1 aromatic heterocycles. The van der Waals surface area contributed by atoms with Gasteiger partial charge in [0.1, 0.15) is 17.2 Å². The van der Waals surface area contributed by atoms with E-state index in [0.29, 0.717) is 10.6 Å². The Morgan fingerprint density at radius 3 is 2.16 bits per heavy atom. The summed E-state index contributed by atoms with van der Waals surface area (Å²) in [5.74, 6) is 1.51. The van der Waals surface area contributed by atoms with E-state index in [4.69, 9.17) is 21.4 Å². The summed E-state index contributed by atoms with van der Waals surface area (Å²) < 4.78 is 8.28. The maximum absolute atomic E-state index is 11.8. The first-order chi connectivity index (χ1) is 15.0. The smallest absolute Gasteiger partial charge is 0.159 e. The van der Waals surface area contributed by atoms with Crippen molar-refractivity contribution in [2.75, 3.05) is 0 Å². The Morgan fingerprint density at radius 2 is 1.48 bits per heavy atom. The average Bonchev–Trinajstić information content (AvgIpc) is 3.17. The number of para-hydroxylation sites is 1. The van der Waals surface area contributed by atoms with E-state index in [0.717, 1.165) is 45.0 Å². The second-order valence-corrected chi connectivity index (χ2v) is 7.94. The molecule has 1 aliphatic rings. The van der Waals surface area contributed by atoms with Gasteiger partial charge in [0.15, 0.2) is 5.78 Å². The molecular weight excluding hydrogens is 408 g/mol. The van der Waals surface area contributed by atoms with Crippen LogP contribution in [0.1, 0.15) is 34.0 Å². The molecular formula is C26H19ClN2O2. The van der Waals surface area contributed by atoms with Gasteiger partial charge in [-0.15, -0.1) is 0 Å². The van der Waals surface area contributed by atoms with E-state index in [1.165, 1.54) is 0 Å². The lowest BCUT2D eigenvalue weighted by Gasteiger charge is -2.23. The number of rotatable bonds is 3. The van der Waals surface area contributed by atoms with E-state index in [9.17, 15) is 4.79 Å². The number of ether oxygens (including phenoxy) is 1. The zero-order chi connectivity index (χ0) is 21.5. The number of fused-ring (bicyclic) bond motifs is 3. The number of hydrogen-bond acceptors (Lipinski definition) is 3. The van der Waals surface area contributed by atoms with Gasteiger partial charge >= 0.3 is 0 Å². The number of nitrogens with zero attached hydrogens (tertiary/aromatic N) is 2. The van der Waals surface area contributed by atoms with Crippen molar-refractivity contribution < 1.29 is 9.53 Å². The summed E-state index contributed by atoms with van der Waals surface area (Å²) in [7, 11) is 1.90. The molecule has 0 spiro atoms. The number of Topliss-reactive ketones (excluding diaryl/α,β-unsaturated/α-hetero) is 1. The van der Waals surface area contributed by atoms with Crippen molar-refractivity contribution in [3.8, 4) is 17.0 Å². The molecule has 0 saturated carbocycles. The van der Waals surface area contributed by atoms with Gasteiger partial charge in [-0.2, -0.15) is 5.10 Å². The molecule has 5 heteroatoms. The molecule has 0 bridgehead atoms. The van der Waals surface area contributed by atoms with Crippen LogP contribution in [0.4, 0.5) is 0 Å². The fourth-order valence-corrected chi connectivity index (χ4v) is 4.00. The second kappa shape index (κ2) is 7.56. The van der Waals surface area contributed by atoms with Crippen molar-refractivity contribution in [3.05, 3.63) is 106 Å². The maximum atomic E-state index is 11.8. The average molecular weight is 427 g/mol. The highest BCUT2D eigenvalue weighted by molar-refractivity contribution is 6.30. The number of hydrogen-bond donors (Lipinski definition) is 0. The number of carbonyl (C=O) groups is 1. The third kappa shape index (κ3) is 3.45. The lowest BCUT2D eigenvalue weighted by Crippen LogP contribution is -2.07. The third-order valence-corrected chi connectivity index (χ3v) is 5.62. The molecule has 0 radical (unpaired) electrons. The number of aromatic nitrogens is 2. The first-order valence-electron chi connectivity index (χ1n) is 9.94. The van der Waals surface area contributed by atoms with Crippen molar-refractivity contribution in [1.29, 1.82) is 0 Å². The molecule has 3 aromatic carbocycles. The van der Waals surface area contributed by atoms with Gasteiger partial charge in [0.25, 0.3) is 0 Å². The molecule has 5 rings (SSSR count). The van der Waals surface area contributed by atoms with E-state index >= 15 is 0 Å². The van der Waals surface area contributed by atoms with Crippen molar-refractivity contribution in [1.82, 2.24) is 9.78 Å². The molecule has 4 aromatic rings. The van der Waals surface area contributed by atoms with E-state index < -0.39 is 0 Å². The first-order valence-corrected chi connectivity index (χ1v) is 10.3. The predicted molar refractivity (Wildman–Crippen MR) is 123 cm³/mol. The summed E-state index contributed by atoms with van der Waals surface area (Å²) >= 11 is 6.16. The minimum atomic E-state index is 0.0321. The Hall–Kier alpha value is -3.63. The topological polar surface area (TPSA) is 44.1 Å². The fraction of sp³-hybridized carbons (Fsp3) is 0.0769. The Kier molecular flexibility index (Phi) is 4.72. The Morgan fingerprint density at radius 1 is 0.871 bits per heavy atom. The van der Waals surface area contributed by atoms with Crippen LogP contribution < -0.4 is 4.74 Å². The van der Waals surface area contributed by atoms with Crippen LogP contribution in [0.5, 0.6) is 5.75 Å². The molecule has 0 aliphatic carbocycles. The summed E-state index contributed by atoms with van der Waals surface area (Å²) in [5.41, 5.74) is 6.24. The van der Waals surface area contributed by atoms with Crippen LogP contribution in [0.25, 0.3) is 22.6 Å². The van der Waals surface area contributed by atoms with Crippen LogP contribution in [0.3, 0.4) is 0 Å². The van der Waals surface area contributed by atoms with Crippen molar-refractivity contribution >= 4 is 28.7 Å². The molecule has 0 fully saturated rings. The van der Waals surface area contributed by atoms with Crippen molar-refractivity contribution in [2.45, 2.75) is 6.92 Å². The number of benzene rings is 3. The Labute approximate surface area is 185 Å². The van der Waals surface area contributed by atoms with E-state index in [2.05, 4.69) is 0 Å². The van der Waals surface area contributed by atoms with Crippen LogP contribution >= 0.6 is 11.6 Å². The molecule has 2 heterocycles. The highest BCUT2D eigenvalue weighted by Gasteiger charge is 2.28. The van der Waals surface area contributed by atoms with Gasteiger partial charge in [-0.05, 0) is 42.3 Å². The molecule has 0 saturated heterocycles. The quantitative estimate of drug-likeness (QED) is 0.363. The van der Waals surface area contributed by atoms with E-state index in [1.807, 2.05) is 86.0 Å². The summed E-state index contributed by atoms with van der Waals surface area (Å²) in [6.07, 6.45) is 1.97. The number of ketones is 1. The highest BCUT2D eigenvalue weighted by Crippen LogP contribution is 2.45. The van der Waals surface area contributed by atoms with Gasteiger partial charge in [-0.1, -0.05) is 60.1 Å². The van der Waals surface area contributed by atoms with Crippen LogP contribution in [-0.4, -0.2) is 15.6 Å². The highest BCUT2D eigenvalue weighted by atomic mass is 35.5. The lowest BCUT2D eigenvalue weighted by molar-refractivity contribution is 0.101. The second-order valence-electron chi connectivity index (χ2n) is 7.51. The molecule has 152 valence electrons. The van der Waals surface area contributed by atoms with Crippen LogP contribution in [0.15, 0.2) is 79.0 Å². The minimum absolute atomic E-state index is 0.0321. The Bertz CT molecular complexity index is 1330. The predicted octanol–water partition coefficient (Wildman–Crippen LogP) is 6.25. The number of halogens is 1. The third-order valence-electron chi connectivity index (χ3n) is 5.37. The van der Waals surface area contributed by atoms with Crippen LogP contribution in [0, 0.1) is 0 Å². The molecule has 0 N–H and O–H groups in total. The van der Waals surface area contributed by atoms with E-state index in [-0.39, 0.29) is 5.78 Å². The van der Waals surface area contributed by atoms with Crippen LogP contribution in [-0.2, 0) is 7.05 Å². The number of carbonyl (C=O) groups excluding carboxylic acids is 1. The molecule has 1 aliphatic heterocycles. The van der Waals surface area contributed by atoms with E-state index in [1.54, 1.807) is 11.6 Å². The van der Waals surface area contributed by atoms with Gasteiger partial charge in [-0.25, -0.2) is 0 Å². The fourth-order valence-electron chi connectivity index (χ4n) is 3.87. The standard InChI is InChI=1S/C26H19ClN2O2/c1-16(30)17-7-9-18(10-8-17)24(19-11-13-20(27)14-12-19)26-22-15-29(2)28-25(22)21-5-3-4-6-23(21)31-26/h3-15H,1-2H3/b26-24-. The lowest BCUT2D eigenvalue weighted by atomic mass is 9.91. The summed E-state index contributed by atoms with van der Waals surface area (Å²) in [6, 6.07) is 23.2. The summed E-state index contributed by atoms with van der Waals surface area (Å²) in [4.78, 5) is 11.8. The minimum Gasteiger partial charge on any atom is -0.455 e. The molecule has 0 amide bonds. The molecule has 0 atom stereocenters. The van der Waals surface area contributed by atoms with Crippen molar-refractivity contribution in [2.24, 2.45) is 7.05 Å². The van der Waals surface area contributed by atoms with Gasteiger partial charge in [0, 0.05) is 35.0 Å². The van der Waals surface area contributed by atoms with Gasteiger partial charge in [0.05, 0.1) is 5.56 Å². The largest absolute Gasteiger partial charge is 0.455 e. The van der Waals surface area contributed by atoms with Crippen LogP contribution in [0.2, 0.25) is 5.02 Å². The normalized spacial score (nSPS) is 13.8. The van der Waals surface area contributed by atoms with Crippen molar-refractivity contribution in [3.63, 3.8) is 0 Å². The molecule has 0 unspecified atom stereocenters. The molecule has 31 heavy (non-hydrogen) atoms. The van der Waals surface area contributed by atoms with Gasteiger partial charge in [-0.3, -0.25) is 9.48 Å². The maximum Gasteiger partial charge on any atom is 0.159 e. The SMILES string of the molecule is CC(=O)c1ccc(/C(=C2/Oc3ccccc3-c3nn(C)cc32)c2ccc(Cl)cc2)cc1. The zero-order valence-corrected chi connectivity index (χ0v) is 17.9. The molecule has 4 nitrogen and oxygen atoms in total.